The number of amides is 2. The Kier molecular flexibility index (Phi) is 4.37. The molecular weight excluding hydrogens is 276 g/mol. The van der Waals surface area contributed by atoms with E-state index in [1.54, 1.807) is 23.5 Å². The van der Waals surface area contributed by atoms with Crippen molar-refractivity contribution in [2.45, 2.75) is 13.0 Å². The van der Waals surface area contributed by atoms with Crippen molar-refractivity contribution in [2.24, 2.45) is 0 Å². The molecule has 2 amide bonds. The number of hydrogen-bond donors (Lipinski definition) is 3. The Morgan fingerprint density at radius 2 is 1.90 bits per heavy atom. The van der Waals surface area contributed by atoms with E-state index in [4.69, 9.17) is 5.11 Å². The van der Waals surface area contributed by atoms with Gasteiger partial charge in [0.2, 0.25) is 0 Å². The second kappa shape index (κ2) is 6.21. The van der Waals surface area contributed by atoms with Gasteiger partial charge >= 0.3 is 12.0 Å². The molecule has 0 aliphatic carbocycles. The fraction of sp³-hybridized carbons (Fsp3) is 0.143. The predicted molar refractivity (Wildman–Crippen MR) is 78.3 cm³/mol. The lowest BCUT2D eigenvalue weighted by molar-refractivity contribution is 0.0697. The average Bonchev–Trinajstić information content (AvgIpc) is 2.93. The maximum Gasteiger partial charge on any atom is 0.335 e. The molecule has 2 rings (SSSR count). The van der Waals surface area contributed by atoms with Crippen LogP contribution in [0.4, 0.5) is 10.5 Å². The van der Waals surface area contributed by atoms with Gasteiger partial charge in [0.05, 0.1) is 11.6 Å². The van der Waals surface area contributed by atoms with E-state index in [1.165, 1.54) is 12.1 Å². The maximum absolute atomic E-state index is 11.8. The number of urea groups is 1. The molecule has 1 aromatic heterocycles. The molecular formula is C14H14N2O3S. The number of benzene rings is 1. The van der Waals surface area contributed by atoms with Crippen molar-refractivity contribution in [2.75, 3.05) is 5.32 Å². The zero-order valence-electron chi connectivity index (χ0n) is 10.8. The first kappa shape index (κ1) is 14.1. The van der Waals surface area contributed by atoms with Gasteiger partial charge in [-0.2, -0.15) is 11.3 Å². The van der Waals surface area contributed by atoms with Gasteiger partial charge < -0.3 is 15.7 Å². The van der Waals surface area contributed by atoms with Crippen LogP contribution in [0.1, 0.15) is 28.9 Å². The van der Waals surface area contributed by atoms with Crippen molar-refractivity contribution < 1.29 is 14.7 Å². The van der Waals surface area contributed by atoms with Crippen LogP contribution in [0.25, 0.3) is 0 Å². The van der Waals surface area contributed by atoms with E-state index in [2.05, 4.69) is 10.6 Å². The summed E-state index contributed by atoms with van der Waals surface area (Å²) in [6.45, 7) is 1.90. The number of aromatic carboxylic acids is 1. The van der Waals surface area contributed by atoms with Gasteiger partial charge in [0.1, 0.15) is 0 Å². The Morgan fingerprint density at radius 3 is 2.45 bits per heavy atom. The number of carbonyl (C=O) groups is 2. The van der Waals surface area contributed by atoms with Gasteiger partial charge in [0.15, 0.2) is 0 Å². The van der Waals surface area contributed by atoms with E-state index >= 15 is 0 Å². The summed E-state index contributed by atoms with van der Waals surface area (Å²) in [5, 5.41) is 18.2. The lowest BCUT2D eigenvalue weighted by Gasteiger charge is -2.13. The van der Waals surface area contributed by atoms with Crippen molar-refractivity contribution in [3.05, 3.63) is 52.2 Å². The summed E-state index contributed by atoms with van der Waals surface area (Å²) in [6.07, 6.45) is 0. The molecule has 1 heterocycles. The summed E-state index contributed by atoms with van der Waals surface area (Å²) >= 11 is 1.58. The van der Waals surface area contributed by atoms with Crippen molar-refractivity contribution in [3.8, 4) is 0 Å². The lowest BCUT2D eigenvalue weighted by atomic mass is 10.2. The minimum absolute atomic E-state index is 0.0838. The molecule has 0 spiro atoms. The number of carboxylic acids is 1. The van der Waals surface area contributed by atoms with Gasteiger partial charge in [-0.25, -0.2) is 9.59 Å². The molecule has 20 heavy (non-hydrogen) atoms. The molecule has 0 saturated carbocycles. The highest BCUT2D eigenvalue weighted by Crippen LogP contribution is 2.16. The Bertz CT molecular complexity index is 593. The fourth-order valence-corrected chi connectivity index (χ4v) is 2.42. The molecule has 0 saturated heterocycles. The van der Waals surface area contributed by atoms with Gasteiger partial charge in [0, 0.05) is 5.69 Å². The topological polar surface area (TPSA) is 78.4 Å². The molecule has 1 atom stereocenters. The molecule has 0 aliphatic rings. The third-order valence-corrected chi connectivity index (χ3v) is 3.48. The van der Waals surface area contributed by atoms with Gasteiger partial charge in [-0.3, -0.25) is 0 Å². The van der Waals surface area contributed by atoms with Crippen LogP contribution in [0.3, 0.4) is 0 Å². The first-order valence-electron chi connectivity index (χ1n) is 5.99. The van der Waals surface area contributed by atoms with Crippen molar-refractivity contribution in [3.63, 3.8) is 0 Å². The smallest absolute Gasteiger partial charge is 0.335 e. The third-order valence-electron chi connectivity index (χ3n) is 2.78. The largest absolute Gasteiger partial charge is 0.478 e. The highest BCUT2D eigenvalue weighted by atomic mass is 32.1. The van der Waals surface area contributed by atoms with Crippen LogP contribution in [0.2, 0.25) is 0 Å². The Morgan fingerprint density at radius 1 is 1.20 bits per heavy atom. The summed E-state index contributed by atoms with van der Waals surface area (Å²) < 4.78 is 0. The van der Waals surface area contributed by atoms with E-state index in [9.17, 15) is 9.59 Å². The van der Waals surface area contributed by atoms with Crippen LogP contribution in [-0.2, 0) is 0 Å². The molecule has 104 valence electrons. The quantitative estimate of drug-likeness (QED) is 0.808. The Balaban J connectivity index is 1.92. The molecule has 1 unspecified atom stereocenters. The molecule has 6 heteroatoms. The van der Waals surface area contributed by atoms with Gasteiger partial charge in [0.25, 0.3) is 0 Å². The highest BCUT2D eigenvalue weighted by Gasteiger charge is 2.10. The molecule has 2 aromatic rings. The zero-order chi connectivity index (χ0) is 14.5. The predicted octanol–water partition coefficient (Wildman–Crippen LogP) is 3.33. The van der Waals surface area contributed by atoms with E-state index in [1.807, 2.05) is 23.8 Å². The molecule has 1 aromatic carbocycles. The number of nitrogens with one attached hydrogen (secondary N) is 2. The van der Waals surface area contributed by atoms with Crippen LogP contribution in [0, 0.1) is 0 Å². The van der Waals surface area contributed by atoms with Gasteiger partial charge in [-0.15, -0.1) is 0 Å². The number of carboxylic acid groups (broad SMARTS) is 1. The van der Waals surface area contributed by atoms with Crippen molar-refractivity contribution in [1.29, 1.82) is 0 Å². The summed E-state index contributed by atoms with van der Waals surface area (Å²) in [5.74, 6) is -0.993. The summed E-state index contributed by atoms with van der Waals surface area (Å²) in [5.41, 5.74) is 1.78. The second-order valence-corrected chi connectivity index (χ2v) is 5.04. The molecule has 0 aliphatic heterocycles. The minimum atomic E-state index is -0.993. The average molecular weight is 290 g/mol. The number of rotatable bonds is 4. The highest BCUT2D eigenvalue weighted by molar-refractivity contribution is 7.07. The van der Waals surface area contributed by atoms with Gasteiger partial charge in [-0.05, 0) is 53.6 Å². The van der Waals surface area contributed by atoms with E-state index in [0.717, 1.165) is 5.56 Å². The first-order chi connectivity index (χ1) is 9.56. The monoisotopic (exact) mass is 290 g/mol. The summed E-state index contributed by atoms with van der Waals surface area (Å²) in [4.78, 5) is 22.5. The van der Waals surface area contributed by atoms with Crippen LogP contribution in [0.15, 0.2) is 41.1 Å². The normalized spacial score (nSPS) is 11.7. The molecule has 0 bridgehead atoms. The zero-order valence-corrected chi connectivity index (χ0v) is 11.6. The van der Waals surface area contributed by atoms with Gasteiger partial charge in [-0.1, -0.05) is 0 Å². The van der Waals surface area contributed by atoms with Crippen LogP contribution >= 0.6 is 11.3 Å². The Labute approximate surface area is 120 Å². The molecule has 0 radical (unpaired) electrons. The second-order valence-electron chi connectivity index (χ2n) is 4.26. The standard InChI is InChI=1S/C14H14N2O3S/c1-9(11-6-7-20-8-11)15-14(19)16-12-4-2-10(3-5-12)13(17)18/h2-9H,1H3,(H,17,18)(H2,15,16,19). The number of hydrogen-bond acceptors (Lipinski definition) is 3. The molecule has 3 N–H and O–H groups in total. The van der Waals surface area contributed by atoms with Crippen LogP contribution < -0.4 is 10.6 Å². The third kappa shape index (κ3) is 3.58. The molecule has 5 nitrogen and oxygen atoms in total. The maximum atomic E-state index is 11.8. The minimum Gasteiger partial charge on any atom is -0.478 e. The Hall–Kier alpha value is -2.34. The summed E-state index contributed by atoms with van der Waals surface area (Å²) in [7, 11) is 0. The van der Waals surface area contributed by atoms with E-state index in [0.29, 0.717) is 5.69 Å². The van der Waals surface area contributed by atoms with Crippen LogP contribution in [-0.4, -0.2) is 17.1 Å². The number of anilines is 1. The number of carbonyl (C=O) groups excluding carboxylic acids is 1. The van der Waals surface area contributed by atoms with E-state index in [-0.39, 0.29) is 17.6 Å². The van der Waals surface area contributed by atoms with Crippen LogP contribution in [0.5, 0.6) is 0 Å². The fourth-order valence-electron chi connectivity index (χ4n) is 1.66. The first-order valence-corrected chi connectivity index (χ1v) is 6.93. The van der Waals surface area contributed by atoms with Crippen molar-refractivity contribution in [1.82, 2.24) is 5.32 Å². The molecule has 0 fully saturated rings. The number of thiophene rings is 1. The summed E-state index contributed by atoms with van der Waals surface area (Å²) in [6, 6.07) is 7.54. The van der Waals surface area contributed by atoms with Crippen molar-refractivity contribution >= 4 is 29.0 Å². The SMILES string of the molecule is CC(NC(=O)Nc1ccc(C(=O)O)cc1)c1ccsc1. The van der Waals surface area contributed by atoms with E-state index < -0.39 is 5.97 Å². The lowest BCUT2D eigenvalue weighted by Crippen LogP contribution is -2.30.